The number of benzene rings is 1. The normalized spacial score (nSPS) is 12.9. The molecular formula is C10H11BrF2O. The third-order valence-corrected chi connectivity index (χ3v) is 2.65. The van der Waals surface area contributed by atoms with E-state index in [9.17, 15) is 13.9 Å². The molecule has 0 aliphatic carbocycles. The summed E-state index contributed by atoms with van der Waals surface area (Å²) in [6.07, 6.45) is 0.570. The van der Waals surface area contributed by atoms with Gasteiger partial charge in [-0.2, -0.15) is 0 Å². The van der Waals surface area contributed by atoms with Crippen LogP contribution < -0.4 is 0 Å². The summed E-state index contributed by atoms with van der Waals surface area (Å²) in [6, 6.07) is 2.06. The number of hydrogen-bond donors (Lipinski definition) is 1. The lowest BCUT2D eigenvalue weighted by Crippen LogP contribution is -2.00. The van der Waals surface area contributed by atoms with E-state index in [1.54, 1.807) is 0 Å². The molecule has 1 nitrogen and oxygen atoms in total. The van der Waals surface area contributed by atoms with Crippen LogP contribution in [0.25, 0.3) is 0 Å². The van der Waals surface area contributed by atoms with E-state index in [1.165, 1.54) is 0 Å². The summed E-state index contributed by atoms with van der Waals surface area (Å²) >= 11 is 3.09. The van der Waals surface area contributed by atoms with E-state index in [2.05, 4.69) is 15.9 Å². The number of hydrogen-bond acceptors (Lipinski definition) is 1. The predicted octanol–water partition coefficient (Wildman–Crippen LogP) is 3.56. The van der Waals surface area contributed by atoms with Crippen molar-refractivity contribution in [3.05, 3.63) is 33.8 Å². The van der Waals surface area contributed by atoms with Gasteiger partial charge in [-0.05, 0) is 24.1 Å². The van der Waals surface area contributed by atoms with Crippen molar-refractivity contribution in [1.29, 1.82) is 0 Å². The fourth-order valence-corrected chi connectivity index (χ4v) is 1.80. The molecule has 1 aromatic carbocycles. The monoisotopic (exact) mass is 264 g/mol. The van der Waals surface area contributed by atoms with Crippen LogP contribution in [0.2, 0.25) is 0 Å². The second kappa shape index (κ2) is 4.84. The van der Waals surface area contributed by atoms with Crippen LogP contribution >= 0.6 is 15.9 Å². The molecule has 0 saturated carbocycles. The minimum Gasteiger partial charge on any atom is -0.388 e. The maximum atomic E-state index is 12.9. The maximum absolute atomic E-state index is 12.9. The summed E-state index contributed by atoms with van der Waals surface area (Å²) < 4.78 is 26.0. The highest BCUT2D eigenvalue weighted by Crippen LogP contribution is 2.28. The molecule has 1 rings (SSSR count). The van der Waals surface area contributed by atoms with Crippen LogP contribution in [0.15, 0.2) is 16.6 Å². The third kappa shape index (κ3) is 2.51. The molecule has 0 amide bonds. The van der Waals surface area contributed by atoms with E-state index in [0.29, 0.717) is 16.5 Å². The van der Waals surface area contributed by atoms with Crippen molar-refractivity contribution >= 4 is 15.9 Å². The molecule has 0 spiro atoms. The number of aliphatic hydroxyl groups is 1. The summed E-state index contributed by atoms with van der Waals surface area (Å²) in [5, 5.41) is 9.60. The van der Waals surface area contributed by atoms with Crippen LogP contribution in [0.4, 0.5) is 8.78 Å². The minimum absolute atomic E-state index is 0.394. The van der Waals surface area contributed by atoms with E-state index >= 15 is 0 Å². The van der Waals surface area contributed by atoms with Gasteiger partial charge in [-0.15, -0.1) is 0 Å². The van der Waals surface area contributed by atoms with Gasteiger partial charge >= 0.3 is 0 Å². The van der Waals surface area contributed by atoms with Crippen molar-refractivity contribution < 1.29 is 13.9 Å². The van der Waals surface area contributed by atoms with Crippen LogP contribution in [0.5, 0.6) is 0 Å². The first-order valence-electron chi connectivity index (χ1n) is 4.38. The van der Waals surface area contributed by atoms with E-state index in [1.807, 2.05) is 6.92 Å². The molecule has 0 saturated heterocycles. The SMILES string of the molecule is CCC[C@H](O)c1cc(F)c(F)cc1Br. The smallest absolute Gasteiger partial charge is 0.159 e. The zero-order valence-corrected chi connectivity index (χ0v) is 9.31. The van der Waals surface area contributed by atoms with Crippen molar-refractivity contribution in [2.45, 2.75) is 25.9 Å². The Balaban J connectivity index is 3.02. The standard InChI is InChI=1S/C10H11BrF2O/c1-2-3-10(14)6-4-8(12)9(13)5-7(6)11/h4-5,10,14H,2-3H2,1H3/t10-/m0/s1. The molecular weight excluding hydrogens is 254 g/mol. The van der Waals surface area contributed by atoms with E-state index in [-0.39, 0.29) is 0 Å². The first-order valence-corrected chi connectivity index (χ1v) is 5.18. The van der Waals surface area contributed by atoms with Gasteiger partial charge in [0.1, 0.15) is 0 Å². The van der Waals surface area contributed by atoms with Crippen LogP contribution in [0, 0.1) is 11.6 Å². The molecule has 0 aromatic heterocycles. The topological polar surface area (TPSA) is 20.2 Å². The number of aliphatic hydroxyl groups excluding tert-OH is 1. The van der Waals surface area contributed by atoms with Gasteiger partial charge in [-0.3, -0.25) is 0 Å². The zero-order chi connectivity index (χ0) is 10.7. The molecule has 0 unspecified atom stereocenters. The van der Waals surface area contributed by atoms with Gasteiger partial charge in [0, 0.05) is 4.47 Å². The lowest BCUT2D eigenvalue weighted by Gasteiger charge is -2.11. The van der Waals surface area contributed by atoms with Crippen molar-refractivity contribution in [2.75, 3.05) is 0 Å². The molecule has 1 aromatic rings. The summed E-state index contributed by atoms with van der Waals surface area (Å²) in [6.45, 7) is 1.91. The maximum Gasteiger partial charge on any atom is 0.159 e. The average molecular weight is 265 g/mol. The van der Waals surface area contributed by atoms with Crippen molar-refractivity contribution in [3.8, 4) is 0 Å². The average Bonchev–Trinajstić information content (AvgIpc) is 2.11. The Labute approximate surface area is 89.9 Å². The predicted molar refractivity (Wildman–Crippen MR) is 53.9 cm³/mol. The highest BCUT2D eigenvalue weighted by atomic mass is 79.9. The first kappa shape index (κ1) is 11.6. The van der Waals surface area contributed by atoms with Crippen LogP contribution in [-0.4, -0.2) is 5.11 Å². The highest BCUT2D eigenvalue weighted by molar-refractivity contribution is 9.10. The fourth-order valence-electron chi connectivity index (χ4n) is 1.22. The molecule has 78 valence electrons. The minimum atomic E-state index is -0.932. The highest BCUT2D eigenvalue weighted by Gasteiger charge is 2.14. The number of rotatable bonds is 3. The van der Waals surface area contributed by atoms with Gasteiger partial charge in [0.05, 0.1) is 6.10 Å². The van der Waals surface area contributed by atoms with Crippen LogP contribution in [0.3, 0.4) is 0 Å². The van der Waals surface area contributed by atoms with Crippen LogP contribution in [0.1, 0.15) is 31.4 Å². The molecule has 1 atom stereocenters. The lowest BCUT2D eigenvalue weighted by atomic mass is 10.1. The molecule has 0 heterocycles. The molecule has 0 fully saturated rings. The van der Waals surface area contributed by atoms with Gasteiger partial charge in [-0.1, -0.05) is 29.3 Å². The molecule has 0 radical (unpaired) electrons. The zero-order valence-electron chi connectivity index (χ0n) is 7.73. The summed E-state index contributed by atoms with van der Waals surface area (Å²) in [7, 11) is 0. The van der Waals surface area contributed by atoms with Crippen molar-refractivity contribution in [3.63, 3.8) is 0 Å². The Hall–Kier alpha value is -0.480. The summed E-state index contributed by atoms with van der Waals surface area (Å²) in [4.78, 5) is 0. The Morgan fingerprint density at radius 3 is 2.50 bits per heavy atom. The molecule has 4 heteroatoms. The fraction of sp³-hybridized carbons (Fsp3) is 0.400. The Kier molecular flexibility index (Phi) is 4.01. The number of halogens is 3. The second-order valence-corrected chi connectivity index (χ2v) is 3.95. The van der Waals surface area contributed by atoms with Gasteiger partial charge < -0.3 is 5.11 Å². The third-order valence-electron chi connectivity index (χ3n) is 1.96. The largest absolute Gasteiger partial charge is 0.388 e. The Morgan fingerprint density at radius 1 is 1.36 bits per heavy atom. The van der Waals surface area contributed by atoms with Gasteiger partial charge in [-0.25, -0.2) is 8.78 Å². The second-order valence-electron chi connectivity index (χ2n) is 3.09. The van der Waals surface area contributed by atoms with E-state index in [4.69, 9.17) is 0 Å². The first-order chi connectivity index (χ1) is 6.56. The molecule has 0 bridgehead atoms. The molecule has 0 aliphatic rings. The molecule has 14 heavy (non-hydrogen) atoms. The summed E-state index contributed by atoms with van der Waals surface area (Å²) in [5.74, 6) is -1.84. The van der Waals surface area contributed by atoms with Gasteiger partial charge in [0.15, 0.2) is 11.6 Å². The van der Waals surface area contributed by atoms with E-state index in [0.717, 1.165) is 18.6 Å². The quantitative estimate of drug-likeness (QED) is 0.828. The molecule has 0 aliphatic heterocycles. The van der Waals surface area contributed by atoms with Crippen molar-refractivity contribution in [2.24, 2.45) is 0 Å². The van der Waals surface area contributed by atoms with E-state index < -0.39 is 17.7 Å². The van der Waals surface area contributed by atoms with Gasteiger partial charge in [0.2, 0.25) is 0 Å². The lowest BCUT2D eigenvalue weighted by molar-refractivity contribution is 0.165. The Morgan fingerprint density at radius 2 is 1.93 bits per heavy atom. The van der Waals surface area contributed by atoms with Crippen molar-refractivity contribution in [1.82, 2.24) is 0 Å². The summed E-state index contributed by atoms with van der Waals surface area (Å²) in [5.41, 5.74) is 0.394. The van der Waals surface area contributed by atoms with Gasteiger partial charge in [0.25, 0.3) is 0 Å². The van der Waals surface area contributed by atoms with Crippen LogP contribution in [-0.2, 0) is 0 Å². The Bertz CT molecular complexity index is 328. The molecule has 1 N–H and O–H groups in total.